The van der Waals surface area contributed by atoms with Crippen LogP contribution in [0.3, 0.4) is 0 Å². The van der Waals surface area contributed by atoms with Crippen LogP contribution in [-0.4, -0.2) is 26.0 Å². The molecular weight excluding hydrogens is 231 g/mol. The third-order valence-electron chi connectivity index (χ3n) is 3.92. The Balaban J connectivity index is 5.94. The SMILES string of the molecule is CCC(C)(CC)[C@](CC)(C(=O)O)P(=O)(O)O. The van der Waals surface area contributed by atoms with E-state index < -0.39 is 24.1 Å². The molecule has 0 saturated heterocycles. The molecule has 16 heavy (non-hydrogen) atoms. The standard InChI is InChI=1S/C10H21O5P/c1-5-9(4,6-2)10(7-3,8(11)12)16(13,14)15/h5-7H2,1-4H3,(H,11,12)(H2,13,14,15)/t10-/m0/s1. The smallest absolute Gasteiger partial charge is 0.343 e. The van der Waals surface area contributed by atoms with Gasteiger partial charge in [0.15, 0.2) is 5.16 Å². The maximum Gasteiger partial charge on any atom is 0.343 e. The van der Waals surface area contributed by atoms with Gasteiger partial charge < -0.3 is 14.9 Å². The van der Waals surface area contributed by atoms with Gasteiger partial charge in [0.1, 0.15) is 0 Å². The Morgan fingerprint density at radius 1 is 1.12 bits per heavy atom. The molecular formula is C10H21O5P. The lowest BCUT2D eigenvalue weighted by molar-refractivity contribution is -0.145. The molecule has 0 aromatic rings. The summed E-state index contributed by atoms with van der Waals surface area (Å²) in [6.07, 6.45) is 0.744. The molecule has 0 heterocycles. The van der Waals surface area contributed by atoms with Crippen molar-refractivity contribution in [3.63, 3.8) is 0 Å². The minimum atomic E-state index is -4.72. The molecule has 0 unspecified atom stereocenters. The van der Waals surface area contributed by atoms with E-state index in [2.05, 4.69) is 0 Å². The van der Waals surface area contributed by atoms with Gasteiger partial charge in [0.05, 0.1) is 0 Å². The Kier molecular flexibility index (Phi) is 4.75. The normalized spacial score (nSPS) is 16.9. The number of hydrogen-bond donors (Lipinski definition) is 3. The molecule has 6 heteroatoms. The van der Waals surface area contributed by atoms with E-state index in [9.17, 15) is 24.3 Å². The molecule has 5 nitrogen and oxygen atoms in total. The second-order valence-electron chi connectivity index (χ2n) is 4.33. The molecule has 0 aliphatic carbocycles. The number of hydrogen-bond acceptors (Lipinski definition) is 2. The van der Waals surface area contributed by atoms with Gasteiger partial charge in [0, 0.05) is 0 Å². The highest BCUT2D eigenvalue weighted by molar-refractivity contribution is 7.54. The van der Waals surface area contributed by atoms with E-state index in [0.29, 0.717) is 12.8 Å². The molecule has 0 fully saturated rings. The summed E-state index contributed by atoms with van der Waals surface area (Å²) in [5.41, 5.74) is -0.910. The first-order chi connectivity index (χ1) is 7.13. The molecule has 0 aromatic heterocycles. The van der Waals surface area contributed by atoms with Crippen LogP contribution in [0.2, 0.25) is 0 Å². The molecule has 3 N–H and O–H groups in total. The molecule has 0 bridgehead atoms. The van der Waals surface area contributed by atoms with Crippen molar-refractivity contribution < 1.29 is 24.3 Å². The van der Waals surface area contributed by atoms with Gasteiger partial charge in [-0.25, -0.2) is 0 Å². The Bertz CT molecular complexity index is 304. The summed E-state index contributed by atoms with van der Waals surface area (Å²) in [7, 11) is -4.72. The second-order valence-corrected chi connectivity index (χ2v) is 6.18. The van der Waals surface area contributed by atoms with Crippen LogP contribution in [0.25, 0.3) is 0 Å². The predicted octanol–water partition coefficient (Wildman–Crippen LogP) is 2.22. The van der Waals surface area contributed by atoms with Gasteiger partial charge in [-0.15, -0.1) is 0 Å². The topological polar surface area (TPSA) is 94.8 Å². The molecule has 0 aliphatic heterocycles. The zero-order valence-corrected chi connectivity index (χ0v) is 11.1. The number of carboxylic acids is 1. The van der Waals surface area contributed by atoms with Gasteiger partial charge in [-0.1, -0.05) is 27.7 Å². The summed E-state index contributed by atoms with van der Waals surface area (Å²) in [4.78, 5) is 30.2. The molecule has 0 aliphatic rings. The molecule has 0 rings (SSSR count). The molecule has 0 saturated carbocycles. The largest absolute Gasteiger partial charge is 0.480 e. The van der Waals surface area contributed by atoms with E-state index in [4.69, 9.17) is 0 Å². The van der Waals surface area contributed by atoms with Crippen LogP contribution in [0.1, 0.15) is 47.0 Å². The molecule has 0 radical (unpaired) electrons. The quantitative estimate of drug-likeness (QED) is 0.630. The van der Waals surface area contributed by atoms with Crippen LogP contribution >= 0.6 is 7.60 Å². The molecule has 0 spiro atoms. The second kappa shape index (κ2) is 4.86. The van der Waals surface area contributed by atoms with Crippen LogP contribution in [0.5, 0.6) is 0 Å². The van der Waals surface area contributed by atoms with E-state index >= 15 is 0 Å². The van der Waals surface area contributed by atoms with Crippen molar-refractivity contribution in [3.05, 3.63) is 0 Å². The van der Waals surface area contributed by atoms with Gasteiger partial charge in [0.2, 0.25) is 0 Å². The average Bonchev–Trinajstić information content (AvgIpc) is 2.16. The van der Waals surface area contributed by atoms with Crippen LogP contribution in [0, 0.1) is 5.41 Å². The lowest BCUT2D eigenvalue weighted by Gasteiger charge is -2.44. The first-order valence-corrected chi connectivity index (χ1v) is 7.03. The number of carboxylic acid groups (broad SMARTS) is 1. The minimum absolute atomic E-state index is 0.0786. The van der Waals surface area contributed by atoms with Crippen molar-refractivity contribution in [1.82, 2.24) is 0 Å². The van der Waals surface area contributed by atoms with E-state index in [1.807, 2.05) is 0 Å². The van der Waals surface area contributed by atoms with Gasteiger partial charge in [-0.3, -0.25) is 9.36 Å². The van der Waals surface area contributed by atoms with E-state index in [-0.39, 0.29) is 6.42 Å². The summed E-state index contributed by atoms with van der Waals surface area (Å²) in [6.45, 7) is 6.65. The first kappa shape index (κ1) is 15.6. The lowest BCUT2D eigenvalue weighted by atomic mass is 9.71. The Morgan fingerprint density at radius 2 is 1.50 bits per heavy atom. The number of carbonyl (C=O) groups is 1. The minimum Gasteiger partial charge on any atom is -0.480 e. The van der Waals surface area contributed by atoms with Crippen molar-refractivity contribution in [2.45, 2.75) is 52.1 Å². The van der Waals surface area contributed by atoms with Gasteiger partial charge in [0.25, 0.3) is 0 Å². The monoisotopic (exact) mass is 252 g/mol. The van der Waals surface area contributed by atoms with Crippen molar-refractivity contribution >= 4 is 13.6 Å². The fourth-order valence-corrected chi connectivity index (χ4v) is 4.03. The average molecular weight is 252 g/mol. The van der Waals surface area contributed by atoms with Crippen molar-refractivity contribution in [1.29, 1.82) is 0 Å². The maximum atomic E-state index is 11.6. The van der Waals surface area contributed by atoms with Crippen LogP contribution in [0.4, 0.5) is 0 Å². The van der Waals surface area contributed by atoms with Crippen LogP contribution < -0.4 is 0 Å². The highest BCUT2D eigenvalue weighted by atomic mass is 31.2. The summed E-state index contributed by atoms with van der Waals surface area (Å²) >= 11 is 0. The van der Waals surface area contributed by atoms with E-state index in [0.717, 1.165) is 0 Å². The zero-order valence-electron chi connectivity index (χ0n) is 10.2. The van der Waals surface area contributed by atoms with Gasteiger partial charge in [-0.2, -0.15) is 0 Å². The third-order valence-corrected chi connectivity index (χ3v) is 5.96. The lowest BCUT2D eigenvalue weighted by Crippen LogP contribution is -2.51. The van der Waals surface area contributed by atoms with Crippen LogP contribution in [0.15, 0.2) is 0 Å². The van der Waals surface area contributed by atoms with Gasteiger partial charge in [-0.05, 0) is 24.7 Å². The summed E-state index contributed by atoms with van der Waals surface area (Å²) in [5.74, 6) is -1.41. The van der Waals surface area contributed by atoms with Crippen molar-refractivity contribution in [2.75, 3.05) is 0 Å². The van der Waals surface area contributed by atoms with Crippen molar-refractivity contribution in [3.8, 4) is 0 Å². The highest BCUT2D eigenvalue weighted by Gasteiger charge is 2.62. The van der Waals surface area contributed by atoms with Gasteiger partial charge >= 0.3 is 13.6 Å². The van der Waals surface area contributed by atoms with Crippen LogP contribution in [-0.2, 0) is 9.36 Å². The summed E-state index contributed by atoms with van der Waals surface area (Å²) in [5, 5.41) is 7.28. The molecule has 1 atom stereocenters. The summed E-state index contributed by atoms with van der Waals surface area (Å²) < 4.78 is 11.6. The Morgan fingerprint density at radius 3 is 1.56 bits per heavy atom. The van der Waals surface area contributed by atoms with E-state index in [1.54, 1.807) is 20.8 Å². The number of rotatable bonds is 6. The Hall–Kier alpha value is -0.380. The predicted molar refractivity (Wildman–Crippen MR) is 61.4 cm³/mol. The first-order valence-electron chi connectivity index (χ1n) is 5.42. The maximum absolute atomic E-state index is 11.6. The fourth-order valence-electron chi connectivity index (χ4n) is 2.35. The summed E-state index contributed by atoms with van der Waals surface area (Å²) in [6, 6.07) is 0. The molecule has 0 aromatic carbocycles. The molecule has 96 valence electrons. The molecule has 0 amide bonds. The Labute approximate surface area is 96.0 Å². The van der Waals surface area contributed by atoms with Crippen molar-refractivity contribution in [2.24, 2.45) is 5.41 Å². The zero-order chi connectivity index (χ0) is 13.2. The number of aliphatic carboxylic acids is 1. The van der Waals surface area contributed by atoms with E-state index in [1.165, 1.54) is 6.92 Å². The third kappa shape index (κ3) is 2.04. The highest BCUT2D eigenvalue weighted by Crippen LogP contribution is 2.63. The fraction of sp³-hybridized carbons (Fsp3) is 0.900.